The number of carbonyl (C=O) groups is 1. The highest BCUT2D eigenvalue weighted by atomic mass is 16.6. The molecular weight excluding hydrogens is 434 g/mol. The molecule has 4 rings (SSSR count). The summed E-state index contributed by atoms with van der Waals surface area (Å²) in [6, 6.07) is 3.96. The predicted octanol–water partition coefficient (Wildman–Crippen LogP) is -0.703. The van der Waals surface area contributed by atoms with Crippen molar-refractivity contribution >= 4 is 22.9 Å². The first-order valence-corrected chi connectivity index (χ1v) is 9.67. The fraction of sp³-hybridized carbons (Fsp3) is 0.250. The SMILES string of the molecule is N#Cc1cc(O)c(O)c(C(=O)NCC=CC2OC(n3cnc4c(N)ncnc43)C(O)C2O)c1. The summed E-state index contributed by atoms with van der Waals surface area (Å²) < 4.78 is 7.19. The van der Waals surface area contributed by atoms with Gasteiger partial charge in [-0.1, -0.05) is 12.2 Å². The van der Waals surface area contributed by atoms with E-state index in [4.69, 9.17) is 15.7 Å². The molecule has 170 valence electrons. The van der Waals surface area contributed by atoms with Gasteiger partial charge in [-0.2, -0.15) is 5.26 Å². The highest BCUT2D eigenvalue weighted by molar-refractivity contribution is 5.98. The molecule has 0 aliphatic carbocycles. The van der Waals surface area contributed by atoms with Gasteiger partial charge in [0.15, 0.2) is 29.2 Å². The molecule has 0 bridgehead atoms. The quantitative estimate of drug-likeness (QED) is 0.210. The van der Waals surface area contributed by atoms with Crippen molar-refractivity contribution in [1.29, 1.82) is 5.26 Å². The van der Waals surface area contributed by atoms with Gasteiger partial charge < -0.3 is 36.2 Å². The number of hydrogen-bond donors (Lipinski definition) is 6. The van der Waals surface area contributed by atoms with Crippen molar-refractivity contribution in [1.82, 2.24) is 24.8 Å². The van der Waals surface area contributed by atoms with Crippen molar-refractivity contribution in [2.75, 3.05) is 12.3 Å². The molecule has 1 aliphatic rings. The minimum atomic E-state index is -1.29. The lowest BCUT2D eigenvalue weighted by Crippen LogP contribution is -2.31. The van der Waals surface area contributed by atoms with Crippen molar-refractivity contribution in [2.24, 2.45) is 0 Å². The van der Waals surface area contributed by atoms with Gasteiger partial charge in [-0.25, -0.2) is 15.0 Å². The molecule has 13 nitrogen and oxygen atoms in total. The summed E-state index contributed by atoms with van der Waals surface area (Å²) in [5.74, 6) is -1.79. The van der Waals surface area contributed by atoms with Gasteiger partial charge >= 0.3 is 0 Å². The second kappa shape index (κ2) is 8.71. The Balaban J connectivity index is 1.42. The zero-order valence-corrected chi connectivity index (χ0v) is 16.9. The summed E-state index contributed by atoms with van der Waals surface area (Å²) >= 11 is 0. The van der Waals surface area contributed by atoms with Crippen LogP contribution in [0.5, 0.6) is 11.5 Å². The van der Waals surface area contributed by atoms with Crippen molar-refractivity contribution in [2.45, 2.75) is 24.5 Å². The number of rotatable bonds is 5. The Morgan fingerprint density at radius 2 is 2.06 bits per heavy atom. The number of phenolic OH excluding ortho intramolecular Hbond substituents is 2. The molecular formula is C20H19N7O6. The molecule has 0 radical (unpaired) electrons. The first kappa shape index (κ1) is 22.0. The van der Waals surface area contributed by atoms with E-state index in [2.05, 4.69) is 20.3 Å². The number of anilines is 1. The minimum absolute atomic E-state index is 0.00699. The molecule has 13 heteroatoms. The maximum atomic E-state index is 12.3. The molecule has 33 heavy (non-hydrogen) atoms. The first-order chi connectivity index (χ1) is 15.8. The number of nitrogens with two attached hydrogens (primary N) is 1. The Bertz CT molecular complexity index is 1280. The van der Waals surface area contributed by atoms with Crippen LogP contribution in [-0.2, 0) is 4.74 Å². The molecule has 2 aromatic heterocycles. The van der Waals surface area contributed by atoms with E-state index >= 15 is 0 Å². The molecule has 1 amide bonds. The summed E-state index contributed by atoms with van der Waals surface area (Å²) in [7, 11) is 0. The topological polar surface area (TPSA) is 213 Å². The van der Waals surface area contributed by atoms with Crippen LogP contribution in [0, 0.1) is 11.3 Å². The number of fused-ring (bicyclic) bond motifs is 1. The first-order valence-electron chi connectivity index (χ1n) is 9.67. The third-order valence-corrected chi connectivity index (χ3v) is 5.11. The van der Waals surface area contributed by atoms with Crippen molar-refractivity contribution in [3.05, 3.63) is 48.1 Å². The van der Waals surface area contributed by atoms with Crippen molar-refractivity contribution < 1.29 is 30.0 Å². The number of hydrogen-bond acceptors (Lipinski definition) is 11. The van der Waals surface area contributed by atoms with Crippen LogP contribution in [0.25, 0.3) is 11.2 Å². The molecule has 1 saturated heterocycles. The van der Waals surface area contributed by atoms with Gasteiger partial charge in [0.25, 0.3) is 5.91 Å². The number of aromatic nitrogens is 4. The second-order valence-corrected chi connectivity index (χ2v) is 7.20. The predicted molar refractivity (Wildman–Crippen MR) is 112 cm³/mol. The molecule has 4 atom stereocenters. The second-order valence-electron chi connectivity index (χ2n) is 7.20. The van der Waals surface area contributed by atoms with Crippen LogP contribution in [0.1, 0.15) is 22.1 Å². The number of nitrogen functional groups attached to an aromatic ring is 1. The number of amides is 1. The van der Waals surface area contributed by atoms with E-state index in [0.29, 0.717) is 11.2 Å². The summed E-state index contributed by atoms with van der Waals surface area (Å²) in [4.78, 5) is 24.3. The van der Waals surface area contributed by atoms with Crippen LogP contribution in [-0.4, -0.2) is 70.7 Å². The molecule has 0 spiro atoms. The summed E-state index contributed by atoms with van der Waals surface area (Å²) in [6.07, 6.45) is 1.10. The summed E-state index contributed by atoms with van der Waals surface area (Å²) in [6.45, 7) is -0.0269. The fourth-order valence-electron chi connectivity index (χ4n) is 3.44. The van der Waals surface area contributed by atoms with Gasteiger partial charge in [-0.05, 0) is 6.07 Å². The molecule has 1 aliphatic heterocycles. The van der Waals surface area contributed by atoms with Gasteiger partial charge in [0.05, 0.1) is 23.5 Å². The number of imidazole rings is 1. The van der Waals surface area contributed by atoms with Crippen LogP contribution in [0.3, 0.4) is 0 Å². The number of nitrogens with one attached hydrogen (secondary N) is 1. The number of benzene rings is 1. The number of nitrogens with zero attached hydrogens (tertiary/aromatic N) is 5. The van der Waals surface area contributed by atoms with E-state index < -0.39 is 41.9 Å². The lowest BCUT2D eigenvalue weighted by molar-refractivity contribution is -0.0245. The highest BCUT2D eigenvalue weighted by Crippen LogP contribution is 2.32. The van der Waals surface area contributed by atoms with E-state index in [0.717, 1.165) is 12.1 Å². The molecule has 7 N–H and O–H groups in total. The zero-order chi connectivity index (χ0) is 23.7. The monoisotopic (exact) mass is 453 g/mol. The standard InChI is InChI=1S/C20H19N7O6/c21-6-9-4-10(14(29)11(28)5-9)19(32)23-3-1-2-12-15(30)16(31)20(33-12)27-8-26-13-17(22)24-7-25-18(13)27/h1-2,4-5,7-8,12,15-16,20,28-31H,3H2,(H,23,32)(H2,22,24,25). The summed E-state index contributed by atoms with van der Waals surface area (Å²) in [5.41, 5.74) is 6.18. The molecule has 3 heterocycles. The van der Waals surface area contributed by atoms with Crippen LogP contribution < -0.4 is 11.1 Å². The average Bonchev–Trinajstić information content (AvgIpc) is 3.35. The van der Waals surface area contributed by atoms with Gasteiger partial charge in [0, 0.05) is 12.6 Å². The van der Waals surface area contributed by atoms with Crippen molar-refractivity contribution in [3.63, 3.8) is 0 Å². The van der Waals surface area contributed by atoms with E-state index in [1.165, 1.54) is 29.4 Å². The highest BCUT2D eigenvalue weighted by Gasteiger charge is 2.43. The number of aliphatic hydroxyl groups is 2. The van der Waals surface area contributed by atoms with Crippen LogP contribution in [0.2, 0.25) is 0 Å². The van der Waals surface area contributed by atoms with Crippen molar-refractivity contribution in [3.8, 4) is 17.6 Å². The Hall–Kier alpha value is -4.25. The normalized spacial score (nSPS) is 22.6. The van der Waals surface area contributed by atoms with E-state index in [1.54, 1.807) is 6.07 Å². The minimum Gasteiger partial charge on any atom is -0.504 e. The molecule has 0 saturated carbocycles. The molecule has 1 aromatic carbocycles. The Morgan fingerprint density at radius 3 is 2.82 bits per heavy atom. The lowest BCUT2D eigenvalue weighted by Gasteiger charge is -2.16. The smallest absolute Gasteiger partial charge is 0.255 e. The van der Waals surface area contributed by atoms with Gasteiger partial charge in [-0.15, -0.1) is 0 Å². The van der Waals surface area contributed by atoms with Crippen LogP contribution >= 0.6 is 0 Å². The maximum Gasteiger partial charge on any atom is 0.255 e. The maximum absolute atomic E-state index is 12.3. The number of aliphatic hydroxyl groups excluding tert-OH is 2. The van der Waals surface area contributed by atoms with Gasteiger partial charge in [0.1, 0.15) is 30.2 Å². The third kappa shape index (κ3) is 4.01. The number of aromatic hydroxyl groups is 2. The molecule has 4 unspecified atom stereocenters. The number of ether oxygens (including phenoxy) is 1. The van der Waals surface area contributed by atoms with Crippen LogP contribution in [0.4, 0.5) is 5.82 Å². The van der Waals surface area contributed by atoms with Gasteiger partial charge in [0.2, 0.25) is 0 Å². The summed E-state index contributed by atoms with van der Waals surface area (Å²) in [5, 5.41) is 51.7. The lowest BCUT2D eigenvalue weighted by atomic mass is 10.1. The number of nitriles is 1. The van der Waals surface area contributed by atoms with Crippen LogP contribution in [0.15, 0.2) is 36.9 Å². The third-order valence-electron chi connectivity index (χ3n) is 5.11. The zero-order valence-electron chi connectivity index (χ0n) is 16.9. The molecule has 3 aromatic rings. The largest absolute Gasteiger partial charge is 0.504 e. The Morgan fingerprint density at radius 1 is 1.27 bits per heavy atom. The van der Waals surface area contributed by atoms with Gasteiger partial charge in [-0.3, -0.25) is 9.36 Å². The van der Waals surface area contributed by atoms with E-state index in [9.17, 15) is 25.2 Å². The Labute approximate surface area is 186 Å². The average molecular weight is 453 g/mol. The fourth-order valence-corrected chi connectivity index (χ4v) is 3.44. The Kier molecular flexibility index (Phi) is 5.80. The number of phenols is 2. The van der Waals surface area contributed by atoms with E-state index in [-0.39, 0.29) is 23.5 Å². The number of carbonyl (C=O) groups excluding carboxylic acids is 1. The van der Waals surface area contributed by atoms with E-state index in [1.807, 2.05) is 0 Å². The molecule has 1 fully saturated rings.